The molecule has 0 saturated carbocycles. The number of ether oxygens (including phenoxy) is 3. The molecule has 0 fully saturated rings. The summed E-state index contributed by atoms with van der Waals surface area (Å²) < 4.78 is 39.6. The molecule has 0 bridgehead atoms. The standard InChI is InChI=1S/C18H15F2NO6/c1-25-15-9-11(10-16(26-2)17(15)27-18(19)20)3-8-14(22)12-4-6-13(7-5-12)21(23)24/h3-10,18H,1-2H3/b8-3+. The monoisotopic (exact) mass is 379 g/mol. The van der Waals surface area contributed by atoms with Crippen LogP contribution >= 0.6 is 0 Å². The number of rotatable bonds is 8. The number of hydrogen-bond acceptors (Lipinski definition) is 6. The van der Waals surface area contributed by atoms with Crippen molar-refractivity contribution in [1.29, 1.82) is 0 Å². The Morgan fingerprint density at radius 1 is 1.11 bits per heavy atom. The third-order valence-corrected chi connectivity index (χ3v) is 3.48. The summed E-state index contributed by atoms with van der Waals surface area (Å²) >= 11 is 0. The van der Waals surface area contributed by atoms with Crippen molar-refractivity contribution in [1.82, 2.24) is 0 Å². The van der Waals surface area contributed by atoms with Gasteiger partial charge >= 0.3 is 6.61 Å². The number of non-ortho nitro benzene ring substituents is 1. The second-order valence-electron chi connectivity index (χ2n) is 5.13. The van der Waals surface area contributed by atoms with Crippen LogP contribution in [0.15, 0.2) is 42.5 Å². The van der Waals surface area contributed by atoms with Gasteiger partial charge in [0.1, 0.15) is 0 Å². The molecule has 0 aromatic heterocycles. The molecule has 0 spiro atoms. The molecular formula is C18H15F2NO6. The largest absolute Gasteiger partial charge is 0.493 e. The number of halogens is 2. The van der Waals surface area contributed by atoms with Crippen molar-refractivity contribution < 1.29 is 32.7 Å². The van der Waals surface area contributed by atoms with Gasteiger partial charge in [-0.1, -0.05) is 6.08 Å². The van der Waals surface area contributed by atoms with Crippen LogP contribution in [0.2, 0.25) is 0 Å². The lowest BCUT2D eigenvalue weighted by molar-refractivity contribution is -0.384. The zero-order valence-corrected chi connectivity index (χ0v) is 14.3. The fraction of sp³-hybridized carbons (Fsp3) is 0.167. The summed E-state index contributed by atoms with van der Waals surface area (Å²) in [5, 5.41) is 10.6. The number of nitro groups is 1. The molecule has 0 radical (unpaired) electrons. The maximum atomic E-state index is 12.5. The average Bonchev–Trinajstić information content (AvgIpc) is 2.66. The fourth-order valence-electron chi connectivity index (χ4n) is 2.22. The summed E-state index contributed by atoms with van der Waals surface area (Å²) in [6.45, 7) is -3.06. The van der Waals surface area contributed by atoms with Crippen molar-refractivity contribution in [3.8, 4) is 17.2 Å². The van der Waals surface area contributed by atoms with Gasteiger partial charge in [-0.05, 0) is 35.9 Å². The Labute approximate surface area is 152 Å². The Kier molecular flexibility index (Phi) is 6.42. The van der Waals surface area contributed by atoms with E-state index in [1.54, 1.807) is 0 Å². The van der Waals surface area contributed by atoms with E-state index in [0.717, 1.165) is 0 Å². The molecule has 7 nitrogen and oxygen atoms in total. The number of alkyl halides is 2. The number of allylic oxidation sites excluding steroid dienone is 1. The van der Waals surface area contributed by atoms with Gasteiger partial charge in [-0.2, -0.15) is 8.78 Å². The van der Waals surface area contributed by atoms with Gasteiger partial charge in [0.2, 0.25) is 5.75 Å². The number of carbonyl (C=O) groups is 1. The summed E-state index contributed by atoms with van der Waals surface area (Å²) in [5.41, 5.74) is 0.577. The highest BCUT2D eigenvalue weighted by Gasteiger charge is 2.17. The molecule has 2 aromatic rings. The van der Waals surface area contributed by atoms with E-state index in [-0.39, 0.29) is 28.5 Å². The van der Waals surface area contributed by atoms with Crippen LogP contribution in [0.1, 0.15) is 15.9 Å². The molecule has 0 aliphatic carbocycles. The lowest BCUT2D eigenvalue weighted by Crippen LogP contribution is -2.05. The van der Waals surface area contributed by atoms with E-state index in [2.05, 4.69) is 4.74 Å². The minimum absolute atomic E-state index is 0.0112. The lowest BCUT2D eigenvalue weighted by Gasteiger charge is -2.14. The summed E-state index contributed by atoms with van der Waals surface area (Å²) in [6.07, 6.45) is 2.67. The highest BCUT2D eigenvalue weighted by atomic mass is 19.3. The van der Waals surface area contributed by atoms with Gasteiger partial charge in [0.05, 0.1) is 19.1 Å². The highest BCUT2D eigenvalue weighted by molar-refractivity contribution is 6.06. The van der Waals surface area contributed by atoms with Crippen molar-refractivity contribution in [2.75, 3.05) is 14.2 Å². The third kappa shape index (κ3) is 5.00. The Balaban J connectivity index is 2.27. The van der Waals surface area contributed by atoms with Crippen molar-refractivity contribution in [3.05, 3.63) is 63.7 Å². The molecule has 27 heavy (non-hydrogen) atoms. The first-order chi connectivity index (χ1) is 12.8. The van der Waals surface area contributed by atoms with Crippen LogP contribution in [0.4, 0.5) is 14.5 Å². The molecule has 9 heteroatoms. The van der Waals surface area contributed by atoms with Crippen LogP contribution in [0.25, 0.3) is 6.08 Å². The summed E-state index contributed by atoms with van der Waals surface area (Å²) in [5.74, 6) is -0.626. The molecule has 2 aromatic carbocycles. The minimum atomic E-state index is -3.06. The second-order valence-corrected chi connectivity index (χ2v) is 5.13. The lowest BCUT2D eigenvalue weighted by atomic mass is 10.1. The van der Waals surface area contributed by atoms with Crippen LogP contribution in [0.5, 0.6) is 17.2 Å². The zero-order chi connectivity index (χ0) is 20.0. The Morgan fingerprint density at radius 2 is 1.67 bits per heavy atom. The van der Waals surface area contributed by atoms with Crippen LogP contribution < -0.4 is 14.2 Å². The Morgan fingerprint density at radius 3 is 2.11 bits per heavy atom. The quantitative estimate of drug-likeness (QED) is 0.297. The molecule has 0 unspecified atom stereocenters. The molecule has 0 heterocycles. The van der Waals surface area contributed by atoms with Crippen LogP contribution in [0.3, 0.4) is 0 Å². The number of hydrogen-bond donors (Lipinski definition) is 0. The van der Waals surface area contributed by atoms with Crippen molar-refractivity contribution in [3.63, 3.8) is 0 Å². The second kappa shape index (κ2) is 8.75. The molecule has 0 amide bonds. The first-order valence-electron chi connectivity index (χ1n) is 7.53. The van der Waals surface area contributed by atoms with Gasteiger partial charge in [0, 0.05) is 17.7 Å². The SMILES string of the molecule is COc1cc(/C=C/C(=O)c2ccc([N+](=O)[O-])cc2)cc(OC)c1OC(F)F. The van der Waals surface area contributed by atoms with Gasteiger partial charge < -0.3 is 14.2 Å². The topological polar surface area (TPSA) is 87.9 Å². The fourth-order valence-corrected chi connectivity index (χ4v) is 2.22. The van der Waals surface area contributed by atoms with Gasteiger partial charge in [0.25, 0.3) is 5.69 Å². The average molecular weight is 379 g/mol. The highest BCUT2D eigenvalue weighted by Crippen LogP contribution is 2.39. The van der Waals surface area contributed by atoms with E-state index >= 15 is 0 Å². The molecular weight excluding hydrogens is 364 g/mol. The van der Waals surface area contributed by atoms with Gasteiger partial charge in [0.15, 0.2) is 17.3 Å². The van der Waals surface area contributed by atoms with E-state index < -0.39 is 17.3 Å². The minimum Gasteiger partial charge on any atom is -0.493 e. The van der Waals surface area contributed by atoms with Crippen molar-refractivity contribution in [2.45, 2.75) is 6.61 Å². The molecule has 0 saturated heterocycles. The predicted octanol–water partition coefficient (Wildman–Crippen LogP) is 4.11. The number of nitrogens with zero attached hydrogens (tertiary/aromatic N) is 1. The predicted molar refractivity (Wildman–Crippen MR) is 92.6 cm³/mol. The molecule has 0 aliphatic rings. The normalized spacial score (nSPS) is 10.9. The molecule has 0 N–H and O–H groups in total. The zero-order valence-electron chi connectivity index (χ0n) is 14.3. The van der Waals surface area contributed by atoms with E-state index in [1.165, 1.54) is 62.8 Å². The van der Waals surface area contributed by atoms with E-state index in [4.69, 9.17) is 9.47 Å². The van der Waals surface area contributed by atoms with Gasteiger partial charge in [-0.15, -0.1) is 0 Å². The number of benzene rings is 2. The van der Waals surface area contributed by atoms with E-state index in [9.17, 15) is 23.7 Å². The third-order valence-electron chi connectivity index (χ3n) is 3.48. The van der Waals surface area contributed by atoms with Gasteiger partial charge in [-0.25, -0.2) is 0 Å². The molecule has 0 aliphatic heterocycles. The number of carbonyl (C=O) groups excluding carboxylic acids is 1. The Bertz CT molecular complexity index is 840. The van der Waals surface area contributed by atoms with E-state index in [0.29, 0.717) is 5.56 Å². The van der Waals surface area contributed by atoms with Gasteiger partial charge in [-0.3, -0.25) is 14.9 Å². The summed E-state index contributed by atoms with van der Waals surface area (Å²) in [4.78, 5) is 22.2. The van der Waals surface area contributed by atoms with Crippen LogP contribution in [-0.4, -0.2) is 31.5 Å². The maximum Gasteiger partial charge on any atom is 0.387 e. The molecule has 2 rings (SSSR count). The first kappa shape index (κ1) is 19.8. The Hall–Kier alpha value is -3.49. The number of ketones is 1. The van der Waals surface area contributed by atoms with Crippen LogP contribution in [-0.2, 0) is 0 Å². The summed E-state index contributed by atoms with van der Waals surface area (Å²) in [7, 11) is 2.56. The molecule has 0 atom stereocenters. The maximum absolute atomic E-state index is 12.5. The summed E-state index contributed by atoms with van der Waals surface area (Å²) in [6, 6.07) is 7.93. The number of nitro benzene ring substituents is 1. The first-order valence-corrected chi connectivity index (χ1v) is 7.53. The van der Waals surface area contributed by atoms with Crippen LogP contribution in [0, 0.1) is 10.1 Å². The van der Waals surface area contributed by atoms with E-state index in [1.807, 2.05) is 0 Å². The molecule has 142 valence electrons. The van der Waals surface area contributed by atoms with Crippen molar-refractivity contribution in [2.24, 2.45) is 0 Å². The number of methoxy groups -OCH3 is 2. The smallest absolute Gasteiger partial charge is 0.387 e. The van der Waals surface area contributed by atoms with Crippen molar-refractivity contribution >= 4 is 17.5 Å².